The minimum Gasteiger partial charge on any atom is -0.352 e. The van der Waals surface area contributed by atoms with Crippen LogP contribution in [-0.2, 0) is 26.2 Å². The monoisotopic (exact) mass is 603 g/mol. The molecule has 2 atom stereocenters. The normalized spacial score (nSPS) is 12.8. The van der Waals surface area contributed by atoms with Crippen LogP contribution in [0, 0.1) is 6.92 Å². The van der Waals surface area contributed by atoms with Crippen molar-refractivity contribution >= 4 is 50.7 Å². The number of nitrogens with one attached hydrogen (secondary N) is 1. The Balaban J connectivity index is 2.10. The summed E-state index contributed by atoms with van der Waals surface area (Å²) in [7, 11) is -4.18. The SMILES string of the molecule is CC[C@H](C(=O)N[C@@H](C)CC)N(Cc1ccccc1Cl)C(=O)CN(c1cccc(Cl)c1C)S(=O)(=O)c1ccccc1. The summed E-state index contributed by atoms with van der Waals surface area (Å²) in [6.45, 7) is 6.84. The first kappa shape index (κ1) is 31.5. The second-order valence-electron chi connectivity index (χ2n) is 9.56. The Hall–Kier alpha value is -3.07. The Labute approximate surface area is 247 Å². The fourth-order valence-electron chi connectivity index (χ4n) is 4.27. The smallest absolute Gasteiger partial charge is 0.264 e. The highest BCUT2D eigenvalue weighted by atomic mass is 35.5. The molecular formula is C30H35Cl2N3O4S. The zero-order valence-corrected chi connectivity index (χ0v) is 25.4. The maximum absolute atomic E-state index is 14.1. The number of nitrogens with zero attached hydrogens (tertiary/aromatic N) is 2. The Morgan fingerprint density at radius 3 is 2.12 bits per heavy atom. The van der Waals surface area contributed by atoms with Crippen molar-refractivity contribution in [2.24, 2.45) is 0 Å². The third-order valence-corrected chi connectivity index (χ3v) is 9.36. The lowest BCUT2D eigenvalue weighted by atomic mass is 10.1. The van der Waals surface area contributed by atoms with Gasteiger partial charge in [0.05, 0.1) is 10.6 Å². The standard InChI is InChI=1S/C30H35Cl2N3O4S/c1-5-21(3)33-30(37)27(6-2)34(19-23-13-10-11-16-26(23)32)29(36)20-35(28-18-12-17-25(31)22(28)4)40(38,39)24-14-8-7-9-15-24/h7-18,21,27H,5-6,19-20H2,1-4H3,(H,33,37)/t21-,27+/m0/s1. The Morgan fingerprint density at radius 2 is 1.50 bits per heavy atom. The molecule has 0 saturated heterocycles. The van der Waals surface area contributed by atoms with Gasteiger partial charge in [-0.05, 0) is 68.1 Å². The highest BCUT2D eigenvalue weighted by molar-refractivity contribution is 7.92. The number of benzene rings is 3. The number of hydrogen-bond donors (Lipinski definition) is 1. The molecule has 0 aliphatic rings. The molecule has 0 saturated carbocycles. The van der Waals surface area contributed by atoms with Crippen molar-refractivity contribution in [2.45, 2.75) is 64.1 Å². The number of amides is 2. The van der Waals surface area contributed by atoms with E-state index in [1.807, 2.05) is 20.8 Å². The molecule has 40 heavy (non-hydrogen) atoms. The van der Waals surface area contributed by atoms with Gasteiger partial charge in [-0.2, -0.15) is 0 Å². The molecule has 0 radical (unpaired) electrons. The summed E-state index contributed by atoms with van der Waals surface area (Å²) in [5, 5.41) is 3.77. The van der Waals surface area contributed by atoms with E-state index in [4.69, 9.17) is 23.2 Å². The number of hydrogen-bond acceptors (Lipinski definition) is 4. The van der Waals surface area contributed by atoms with E-state index in [9.17, 15) is 18.0 Å². The molecular weight excluding hydrogens is 569 g/mol. The van der Waals surface area contributed by atoms with Gasteiger partial charge in [0.15, 0.2) is 0 Å². The summed E-state index contributed by atoms with van der Waals surface area (Å²) >= 11 is 12.8. The van der Waals surface area contributed by atoms with E-state index in [1.54, 1.807) is 67.6 Å². The summed E-state index contributed by atoms with van der Waals surface area (Å²) in [6, 6.07) is 18.9. The van der Waals surface area contributed by atoms with E-state index < -0.39 is 28.5 Å². The number of sulfonamides is 1. The topological polar surface area (TPSA) is 86.8 Å². The van der Waals surface area contributed by atoms with Gasteiger partial charge in [-0.25, -0.2) is 8.42 Å². The summed E-state index contributed by atoms with van der Waals surface area (Å²) in [6.07, 6.45) is 1.04. The molecule has 0 unspecified atom stereocenters. The molecule has 0 fully saturated rings. The first-order valence-corrected chi connectivity index (χ1v) is 15.4. The average Bonchev–Trinajstić information content (AvgIpc) is 2.94. The van der Waals surface area contributed by atoms with Gasteiger partial charge < -0.3 is 10.2 Å². The first-order chi connectivity index (χ1) is 19.0. The minimum absolute atomic E-state index is 0.0265. The van der Waals surface area contributed by atoms with Gasteiger partial charge in [-0.1, -0.05) is 79.5 Å². The third-order valence-electron chi connectivity index (χ3n) is 6.80. The van der Waals surface area contributed by atoms with Gasteiger partial charge >= 0.3 is 0 Å². The van der Waals surface area contributed by atoms with E-state index in [-0.39, 0.29) is 29.1 Å². The van der Waals surface area contributed by atoms with Crippen LogP contribution in [0.4, 0.5) is 5.69 Å². The average molecular weight is 605 g/mol. The highest BCUT2D eigenvalue weighted by Crippen LogP contribution is 2.31. The molecule has 0 heterocycles. The molecule has 3 aromatic rings. The van der Waals surface area contributed by atoms with Crippen LogP contribution in [0.5, 0.6) is 0 Å². The van der Waals surface area contributed by atoms with Crippen LogP contribution in [0.2, 0.25) is 10.0 Å². The quantitative estimate of drug-likeness (QED) is 0.266. The van der Waals surface area contributed by atoms with Crippen LogP contribution < -0.4 is 9.62 Å². The van der Waals surface area contributed by atoms with Gasteiger partial charge in [0, 0.05) is 22.6 Å². The molecule has 0 spiro atoms. The van der Waals surface area contributed by atoms with Crippen LogP contribution in [0.3, 0.4) is 0 Å². The van der Waals surface area contributed by atoms with E-state index in [1.165, 1.54) is 17.0 Å². The van der Waals surface area contributed by atoms with E-state index in [0.29, 0.717) is 27.6 Å². The van der Waals surface area contributed by atoms with Crippen LogP contribution >= 0.6 is 23.2 Å². The van der Waals surface area contributed by atoms with E-state index >= 15 is 0 Å². The molecule has 0 aliphatic carbocycles. The van der Waals surface area contributed by atoms with Crippen molar-refractivity contribution in [1.82, 2.24) is 10.2 Å². The molecule has 214 valence electrons. The second kappa shape index (κ2) is 14.0. The van der Waals surface area contributed by atoms with E-state index in [0.717, 1.165) is 10.7 Å². The first-order valence-electron chi connectivity index (χ1n) is 13.2. The Bertz CT molecular complexity index is 1430. The predicted molar refractivity (Wildman–Crippen MR) is 161 cm³/mol. The number of halogens is 2. The Morgan fingerprint density at radius 1 is 0.875 bits per heavy atom. The fraction of sp³-hybridized carbons (Fsp3) is 0.333. The minimum atomic E-state index is -4.18. The summed E-state index contributed by atoms with van der Waals surface area (Å²) in [4.78, 5) is 28.9. The van der Waals surface area contributed by atoms with Crippen molar-refractivity contribution < 1.29 is 18.0 Å². The van der Waals surface area contributed by atoms with Crippen molar-refractivity contribution in [3.05, 3.63) is 94.0 Å². The number of anilines is 1. The number of carbonyl (C=O) groups excluding carboxylic acids is 2. The number of carbonyl (C=O) groups is 2. The zero-order valence-electron chi connectivity index (χ0n) is 23.1. The highest BCUT2D eigenvalue weighted by Gasteiger charge is 2.34. The van der Waals surface area contributed by atoms with Crippen LogP contribution in [0.15, 0.2) is 77.7 Å². The molecule has 0 aromatic heterocycles. The van der Waals surface area contributed by atoms with Crippen molar-refractivity contribution in [1.29, 1.82) is 0 Å². The third kappa shape index (κ3) is 7.36. The van der Waals surface area contributed by atoms with Gasteiger partial charge in [0.1, 0.15) is 12.6 Å². The molecule has 2 amide bonds. The van der Waals surface area contributed by atoms with Crippen LogP contribution in [0.25, 0.3) is 0 Å². The predicted octanol–water partition coefficient (Wildman–Crippen LogP) is 6.22. The second-order valence-corrected chi connectivity index (χ2v) is 12.2. The molecule has 7 nitrogen and oxygen atoms in total. The van der Waals surface area contributed by atoms with E-state index in [2.05, 4.69) is 5.32 Å². The van der Waals surface area contributed by atoms with Gasteiger partial charge in [0.25, 0.3) is 10.0 Å². The lowest BCUT2D eigenvalue weighted by Crippen LogP contribution is -2.53. The van der Waals surface area contributed by atoms with Crippen molar-refractivity contribution in [3.8, 4) is 0 Å². The zero-order chi connectivity index (χ0) is 29.4. The lowest BCUT2D eigenvalue weighted by molar-refractivity contribution is -0.140. The lowest BCUT2D eigenvalue weighted by Gasteiger charge is -2.34. The summed E-state index contributed by atoms with van der Waals surface area (Å²) in [5.74, 6) is -0.862. The molecule has 3 rings (SSSR count). The molecule has 0 bridgehead atoms. The maximum Gasteiger partial charge on any atom is 0.264 e. The Kier molecular flexibility index (Phi) is 11.0. The molecule has 0 aliphatic heterocycles. The molecule has 10 heteroatoms. The van der Waals surface area contributed by atoms with Crippen molar-refractivity contribution in [3.63, 3.8) is 0 Å². The van der Waals surface area contributed by atoms with Gasteiger partial charge in [-0.3, -0.25) is 13.9 Å². The summed E-state index contributed by atoms with van der Waals surface area (Å²) in [5.41, 5.74) is 1.43. The molecule has 1 N–H and O–H groups in total. The largest absolute Gasteiger partial charge is 0.352 e. The van der Waals surface area contributed by atoms with Gasteiger partial charge in [0.2, 0.25) is 11.8 Å². The summed E-state index contributed by atoms with van der Waals surface area (Å²) < 4.78 is 28.9. The maximum atomic E-state index is 14.1. The van der Waals surface area contributed by atoms with Gasteiger partial charge in [-0.15, -0.1) is 0 Å². The number of rotatable bonds is 12. The van der Waals surface area contributed by atoms with Crippen molar-refractivity contribution in [2.75, 3.05) is 10.8 Å². The molecule has 3 aromatic carbocycles. The van der Waals surface area contributed by atoms with Crippen LogP contribution in [-0.4, -0.2) is 43.8 Å². The van der Waals surface area contributed by atoms with Crippen LogP contribution in [0.1, 0.15) is 44.7 Å². The fourth-order valence-corrected chi connectivity index (χ4v) is 6.13.